The molecule has 40 heavy (non-hydrogen) atoms. The van der Waals surface area contributed by atoms with Crippen LogP contribution in [0.4, 0.5) is 27.8 Å². The highest BCUT2D eigenvalue weighted by Crippen LogP contribution is 2.42. The number of carbonyl (C=O) groups excluding carboxylic acids is 3. The number of alkyl halides is 5. The Labute approximate surface area is 227 Å². The average Bonchev–Trinajstić information content (AvgIpc) is 3.63. The lowest BCUT2D eigenvalue weighted by atomic mass is 9.81. The molecule has 0 aromatic carbocycles. The normalized spacial score (nSPS) is 18.9. The van der Waals surface area contributed by atoms with Crippen molar-refractivity contribution in [2.24, 2.45) is 18.9 Å². The molecule has 2 atom stereocenters. The number of amides is 3. The molecule has 3 amide bonds. The Morgan fingerprint density at radius 3 is 2.35 bits per heavy atom. The van der Waals surface area contributed by atoms with Crippen LogP contribution >= 0.6 is 0 Å². The second-order valence-electron chi connectivity index (χ2n) is 10.5. The molecule has 218 valence electrons. The summed E-state index contributed by atoms with van der Waals surface area (Å²) >= 11 is 0. The fraction of sp³-hybridized carbons (Fsp3) is 0.577. The highest BCUT2D eigenvalue weighted by atomic mass is 19.4. The van der Waals surface area contributed by atoms with E-state index in [4.69, 9.17) is 0 Å². The molecule has 0 bridgehead atoms. The van der Waals surface area contributed by atoms with Crippen LogP contribution in [0.5, 0.6) is 0 Å². The molecule has 0 radical (unpaired) electrons. The van der Waals surface area contributed by atoms with Crippen molar-refractivity contribution in [3.63, 3.8) is 0 Å². The highest BCUT2D eigenvalue weighted by Gasteiger charge is 2.41. The Morgan fingerprint density at radius 1 is 1.05 bits per heavy atom. The summed E-state index contributed by atoms with van der Waals surface area (Å²) in [6, 6.07) is 1.41. The standard InChI is InChI=1S/C26H31F5N6O3/c1-37-13-12-33-22(37)24(40)36-21(16-4-8-25(27,28)9-5-16)23(39)34-18-14-17(7-11-32-18)20(15-2-3-15)35-19(38)6-10-26(29,30)31/h7,11-16,20-21H,2-6,8-10H2,1H3,(H,35,38)(H,36,40)(H,32,34,39)/t20?,21-/m0/s1. The van der Waals surface area contributed by atoms with E-state index in [1.165, 1.54) is 23.0 Å². The first-order chi connectivity index (χ1) is 18.8. The van der Waals surface area contributed by atoms with E-state index in [2.05, 4.69) is 25.9 Å². The molecular weight excluding hydrogens is 539 g/mol. The van der Waals surface area contributed by atoms with Crippen molar-refractivity contribution in [2.45, 2.75) is 75.5 Å². The van der Waals surface area contributed by atoms with Crippen molar-refractivity contribution in [1.29, 1.82) is 0 Å². The lowest BCUT2D eigenvalue weighted by Gasteiger charge is -2.33. The van der Waals surface area contributed by atoms with Gasteiger partial charge in [-0.3, -0.25) is 14.4 Å². The number of hydrogen-bond acceptors (Lipinski definition) is 5. The molecule has 1 unspecified atom stereocenters. The van der Waals surface area contributed by atoms with Crippen molar-refractivity contribution < 1.29 is 36.3 Å². The summed E-state index contributed by atoms with van der Waals surface area (Å²) in [5, 5.41) is 7.94. The van der Waals surface area contributed by atoms with Crippen LogP contribution in [0.1, 0.15) is 73.6 Å². The number of rotatable bonds is 10. The lowest BCUT2D eigenvalue weighted by Crippen LogP contribution is -2.50. The number of hydrogen-bond donors (Lipinski definition) is 3. The Balaban J connectivity index is 1.48. The van der Waals surface area contributed by atoms with E-state index in [9.17, 15) is 36.3 Å². The largest absolute Gasteiger partial charge is 0.389 e. The first-order valence-electron chi connectivity index (χ1n) is 13.1. The molecule has 0 saturated heterocycles. The van der Waals surface area contributed by atoms with Crippen LogP contribution in [-0.4, -0.2) is 50.4 Å². The highest BCUT2D eigenvalue weighted by molar-refractivity contribution is 5.99. The minimum atomic E-state index is -4.45. The van der Waals surface area contributed by atoms with Gasteiger partial charge in [0.1, 0.15) is 11.9 Å². The molecule has 2 heterocycles. The summed E-state index contributed by atoms with van der Waals surface area (Å²) < 4.78 is 66.7. The third-order valence-electron chi connectivity index (χ3n) is 7.27. The third-order valence-corrected chi connectivity index (χ3v) is 7.27. The molecule has 2 aromatic heterocycles. The molecule has 0 spiro atoms. The zero-order valence-corrected chi connectivity index (χ0v) is 21.8. The minimum Gasteiger partial charge on any atom is -0.349 e. The molecule has 9 nitrogen and oxygen atoms in total. The molecule has 2 saturated carbocycles. The summed E-state index contributed by atoms with van der Waals surface area (Å²) in [5.74, 6) is -5.24. The summed E-state index contributed by atoms with van der Waals surface area (Å²) in [4.78, 5) is 46.6. The Hall–Kier alpha value is -3.58. The number of nitrogens with zero attached hydrogens (tertiary/aromatic N) is 3. The lowest BCUT2D eigenvalue weighted by molar-refractivity contribution is -0.144. The zero-order valence-electron chi connectivity index (χ0n) is 21.8. The smallest absolute Gasteiger partial charge is 0.349 e. The molecule has 0 aliphatic heterocycles. The van der Waals surface area contributed by atoms with Crippen LogP contribution < -0.4 is 16.0 Å². The number of aryl methyl sites for hydroxylation is 1. The molecule has 2 aliphatic carbocycles. The number of halogens is 5. The molecular formula is C26H31F5N6O3. The minimum absolute atomic E-state index is 0.0209. The van der Waals surface area contributed by atoms with Gasteiger partial charge in [-0.25, -0.2) is 18.7 Å². The summed E-state index contributed by atoms with van der Waals surface area (Å²) in [7, 11) is 1.60. The number of pyridine rings is 1. The van der Waals surface area contributed by atoms with Crippen LogP contribution in [0.3, 0.4) is 0 Å². The monoisotopic (exact) mass is 570 g/mol. The van der Waals surface area contributed by atoms with E-state index in [1.807, 2.05) is 0 Å². The van der Waals surface area contributed by atoms with Gasteiger partial charge in [-0.05, 0) is 55.2 Å². The Kier molecular flexibility index (Phi) is 8.74. The Bertz CT molecular complexity index is 1220. The maximum absolute atomic E-state index is 13.8. The predicted octanol–water partition coefficient (Wildman–Crippen LogP) is 4.29. The van der Waals surface area contributed by atoms with E-state index >= 15 is 0 Å². The van der Waals surface area contributed by atoms with Crippen LogP contribution in [0, 0.1) is 11.8 Å². The molecule has 2 aromatic rings. The summed E-state index contributed by atoms with van der Waals surface area (Å²) in [6.07, 6.45) is -1.23. The van der Waals surface area contributed by atoms with Gasteiger partial charge in [0, 0.05) is 44.9 Å². The summed E-state index contributed by atoms with van der Waals surface area (Å²) in [5.41, 5.74) is 0.555. The maximum Gasteiger partial charge on any atom is 0.389 e. The molecule has 2 fully saturated rings. The Morgan fingerprint density at radius 2 is 1.75 bits per heavy atom. The van der Waals surface area contributed by atoms with Gasteiger partial charge in [-0.1, -0.05) is 0 Å². The zero-order chi connectivity index (χ0) is 29.1. The van der Waals surface area contributed by atoms with Crippen LogP contribution in [0.25, 0.3) is 0 Å². The third kappa shape index (κ3) is 7.98. The first kappa shape index (κ1) is 29.4. The maximum atomic E-state index is 13.8. The number of anilines is 1. The van der Waals surface area contributed by atoms with Crippen molar-refractivity contribution in [2.75, 3.05) is 5.32 Å². The van der Waals surface area contributed by atoms with E-state index in [0.29, 0.717) is 5.56 Å². The number of carbonyl (C=O) groups is 3. The van der Waals surface area contributed by atoms with Crippen LogP contribution in [-0.2, 0) is 16.6 Å². The second-order valence-corrected chi connectivity index (χ2v) is 10.5. The van der Waals surface area contributed by atoms with E-state index in [0.717, 1.165) is 12.8 Å². The topological polar surface area (TPSA) is 118 Å². The van der Waals surface area contributed by atoms with Crippen molar-refractivity contribution in [3.05, 3.63) is 42.1 Å². The van der Waals surface area contributed by atoms with Crippen molar-refractivity contribution in [1.82, 2.24) is 25.2 Å². The van der Waals surface area contributed by atoms with E-state index in [-0.39, 0.29) is 30.4 Å². The van der Waals surface area contributed by atoms with Gasteiger partial charge in [0.2, 0.25) is 17.7 Å². The van der Waals surface area contributed by atoms with Crippen molar-refractivity contribution >= 4 is 23.5 Å². The fourth-order valence-electron chi connectivity index (χ4n) is 4.90. The van der Waals surface area contributed by atoms with Gasteiger partial charge in [-0.15, -0.1) is 0 Å². The van der Waals surface area contributed by atoms with E-state index < -0.39 is 73.5 Å². The molecule has 14 heteroatoms. The number of imidazole rings is 1. The van der Waals surface area contributed by atoms with Gasteiger partial charge in [0.15, 0.2) is 5.82 Å². The van der Waals surface area contributed by atoms with Crippen molar-refractivity contribution in [3.8, 4) is 0 Å². The molecule has 2 aliphatic rings. The average molecular weight is 571 g/mol. The van der Waals surface area contributed by atoms with Gasteiger partial charge < -0.3 is 20.5 Å². The van der Waals surface area contributed by atoms with Gasteiger partial charge in [0.05, 0.1) is 12.5 Å². The van der Waals surface area contributed by atoms with Gasteiger partial charge in [-0.2, -0.15) is 13.2 Å². The van der Waals surface area contributed by atoms with Crippen LogP contribution in [0.2, 0.25) is 0 Å². The first-order valence-corrected chi connectivity index (χ1v) is 13.1. The van der Waals surface area contributed by atoms with Gasteiger partial charge in [0.25, 0.3) is 5.91 Å². The summed E-state index contributed by atoms with van der Waals surface area (Å²) in [6.45, 7) is 0. The number of nitrogens with one attached hydrogen (secondary N) is 3. The SMILES string of the molecule is Cn1ccnc1C(=O)N[C@H](C(=O)Nc1cc(C(NC(=O)CCC(F)(F)F)C2CC2)ccn1)C1CCC(F)(F)CC1. The molecule has 3 N–H and O–H groups in total. The quantitative estimate of drug-likeness (QED) is 0.369. The predicted molar refractivity (Wildman–Crippen MR) is 133 cm³/mol. The fourth-order valence-corrected chi connectivity index (χ4v) is 4.90. The van der Waals surface area contributed by atoms with E-state index in [1.54, 1.807) is 19.3 Å². The second kappa shape index (κ2) is 11.9. The van der Waals surface area contributed by atoms with Crippen LogP contribution in [0.15, 0.2) is 30.7 Å². The van der Waals surface area contributed by atoms with Gasteiger partial charge >= 0.3 is 6.18 Å². The number of aromatic nitrogens is 3. The molecule has 4 rings (SSSR count).